The third-order valence-corrected chi connectivity index (χ3v) is 8.49. The fourth-order valence-electron chi connectivity index (χ4n) is 4.81. The van der Waals surface area contributed by atoms with E-state index in [-0.39, 0.29) is 42.0 Å². The predicted octanol–water partition coefficient (Wildman–Crippen LogP) is 1.30. The molecule has 2 aromatic rings. The zero-order valence-electron chi connectivity index (χ0n) is 24.1. The quantitative estimate of drug-likeness (QED) is 0.132. The minimum Gasteiger partial charge on any atom is -1.00 e. The Labute approximate surface area is 257 Å². The smallest absolute Gasteiger partial charge is 1.00 e. The number of anilines is 1. The first-order chi connectivity index (χ1) is 17.9. The van der Waals surface area contributed by atoms with Crippen molar-refractivity contribution in [3.05, 3.63) is 60.0 Å². The van der Waals surface area contributed by atoms with E-state index in [2.05, 4.69) is 9.48 Å². The van der Waals surface area contributed by atoms with Gasteiger partial charge in [-0.2, -0.15) is 16.8 Å². The normalized spacial score (nSPS) is 11.7. The Kier molecular flexibility index (Phi) is 11.1. The van der Waals surface area contributed by atoms with Gasteiger partial charge in [0.15, 0.2) is 0 Å². The largest absolute Gasteiger partial charge is 1.00 e. The van der Waals surface area contributed by atoms with Crippen LogP contribution in [0, 0.1) is 0 Å². The second-order valence-electron chi connectivity index (χ2n) is 8.79. The van der Waals surface area contributed by atoms with Crippen molar-refractivity contribution in [3.63, 3.8) is 0 Å². The molecular weight excluding hydrogens is 567 g/mol. The Hall–Kier alpha value is -2.29. The molecule has 0 saturated heterocycles. The van der Waals surface area contributed by atoms with Crippen LogP contribution >= 0.6 is 0 Å². The van der Waals surface area contributed by atoms with Gasteiger partial charge in [0.1, 0.15) is 29.3 Å². The van der Waals surface area contributed by atoms with Crippen molar-refractivity contribution < 1.29 is 66.8 Å². The van der Waals surface area contributed by atoms with Gasteiger partial charge in [-0.05, 0) is 58.0 Å². The Morgan fingerprint density at radius 3 is 2.00 bits per heavy atom. The van der Waals surface area contributed by atoms with Crippen LogP contribution in [0.15, 0.2) is 68.8 Å². The summed E-state index contributed by atoms with van der Waals surface area (Å²) in [4.78, 5) is 0.869. The summed E-state index contributed by atoms with van der Waals surface area (Å²) < 4.78 is 76.6. The van der Waals surface area contributed by atoms with E-state index < -0.39 is 30.0 Å². The fourth-order valence-corrected chi connectivity index (χ4v) is 6.12. The van der Waals surface area contributed by atoms with E-state index in [1.165, 1.54) is 6.07 Å². The predicted molar refractivity (Wildman–Crippen MR) is 151 cm³/mol. The number of hydrogen-bond acceptors (Lipinski definition) is 7. The molecule has 10 nitrogen and oxygen atoms in total. The summed E-state index contributed by atoms with van der Waals surface area (Å²) in [6, 6.07) is 14.4. The third kappa shape index (κ3) is 6.60. The van der Waals surface area contributed by atoms with Crippen LogP contribution in [0.4, 0.5) is 5.69 Å². The summed E-state index contributed by atoms with van der Waals surface area (Å²) in [5.41, 5.74) is 2.53. The van der Waals surface area contributed by atoms with E-state index in [1.54, 1.807) is 0 Å². The zero-order chi connectivity index (χ0) is 27.8. The minimum absolute atomic E-state index is 0. The van der Waals surface area contributed by atoms with Crippen LogP contribution in [0.2, 0.25) is 0 Å². The Bertz CT molecular complexity index is 1780. The molecule has 2 aromatic carbocycles. The molecule has 2 aliphatic rings. The summed E-state index contributed by atoms with van der Waals surface area (Å²) in [5, 5.41) is 1.50. The maximum atomic E-state index is 12.5. The zero-order valence-corrected chi connectivity index (χ0v) is 26.8. The van der Waals surface area contributed by atoms with Crippen molar-refractivity contribution in [2.24, 2.45) is 0 Å². The summed E-state index contributed by atoms with van der Waals surface area (Å²) in [5.74, 6) is 0.494. The molecule has 1 heterocycles. The topological polar surface area (TPSA) is 158 Å². The van der Waals surface area contributed by atoms with Crippen LogP contribution in [0.1, 0.15) is 29.1 Å². The molecule has 0 unspecified atom stereocenters. The van der Waals surface area contributed by atoms with Crippen LogP contribution in [0.3, 0.4) is 0 Å². The molecule has 0 aromatic heterocycles. The van der Waals surface area contributed by atoms with Crippen LogP contribution in [0.25, 0.3) is 33.4 Å². The van der Waals surface area contributed by atoms with Gasteiger partial charge < -0.3 is 16.2 Å². The van der Waals surface area contributed by atoms with Gasteiger partial charge in [0, 0.05) is 53.0 Å². The van der Waals surface area contributed by atoms with E-state index >= 15 is 0 Å². The molecule has 40 heavy (non-hydrogen) atoms. The number of fused-ring (bicyclic) bond motifs is 2. The molecule has 4 rings (SSSR count). The number of benzene rings is 3. The van der Waals surface area contributed by atoms with Gasteiger partial charge in [0.05, 0.1) is 11.0 Å². The second-order valence-corrected chi connectivity index (χ2v) is 11.6. The standard InChI is InChI=1S/C27H30N2O7S2.Na.H2O.H/c1-5-28(6-2)18-9-12-21-24(15-18)36-25-16-19(29(7-3)8-4)10-13-22(25)27(21)23-14-11-20(37(30,31)32)17-26(23)38(33,34)35;;;/h9-17H,5-8H2,1-4H3,(H-,30,31,32,33,34,35);;1H2;/q;+1;;-1. The number of hydrogen-bond donors (Lipinski definition) is 2. The average Bonchev–Trinajstić information content (AvgIpc) is 2.87. The fraction of sp³-hybridized carbons (Fsp3) is 0.296. The maximum Gasteiger partial charge on any atom is 1.00 e. The van der Waals surface area contributed by atoms with Crippen LogP contribution < -0.4 is 44.4 Å². The number of rotatable bonds is 8. The first kappa shape index (κ1) is 33.9. The summed E-state index contributed by atoms with van der Waals surface area (Å²) >= 11 is 0. The van der Waals surface area contributed by atoms with Crippen LogP contribution in [0.5, 0.6) is 0 Å². The third-order valence-electron chi connectivity index (χ3n) is 6.74. The molecule has 0 amide bonds. The van der Waals surface area contributed by atoms with Crippen molar-refractivity contribution in [1.82, 2.24) is 4.58 Å². The van der Waals surface area contributed by atoms with E-state index in [0.29, 0.717) is 27.9 Å². The Balaban J connectivity index is 0.00000280. The maximum absolute atomic E-state index is 12.5. The SMILES string of the molecule is CCN(CC)c1ccc2c(-c3ccc(S(=O)(=O)O)cc3S(=O)(=O)O)c3ccc(=[N+](CC)CC)cc-3oc2c1.[H-].[Na+].[OH-]. The second kappa shape index (κ2) is 13.1. The van der Waals surface area contributed by atoms with Gasteiger partial charge in [-0.25, -0.2) is 4.58 Å². The minimum atomic E-state index is -4.88. The molecule has 1 aliphatic heterocycles. The molecule has 3 N–H and O–H groups in total. The average molecular weight is 601 g/mol. The van der Waals surface area contributed by atoms with E-state index in [0.717, 1.165) is 49.4 Å². The van der Waals surface area contributed by atoms with Gasteiger partial charge in [-0.15, -0.1) is 0 Å². The van der Waals surface area contributed by atoms with Crippen molar-refractivity contribution in [2.75, 3.05) is 31.1 Å². The molecule has 0 bridgehead atoms. The van der Waals surface area contributed by atoms with Crippen LogP contribution in [-0.2, 0) is 20.2 Å². The Morgan fingerprint density at radius 2 is 1.45 bits per heavy atom. The first-order valence-electron chi connectivity index (χ1n) is 12.4. The molecule has 0 saturated carbocycles. The van der Waals surface area contributed by atoms with Crippen LogP contribution in [-0.4, -0.2) is 57.6 Å². The monoisotopic (exact) mass is 600 g/mol. The molecule has 0 spiro atoms. The summed E-state index contributed by atoms with van der Waals surface area (Å²) in [7, 11) is -9.60. The molecule has 0 radical (unpaired) electrons. The van der Waals surface area contributed by atoms with Crippen molar-refractivity contribution in [3.8, 4) is 22.5 Å². The van der Waals surface area contributed by atoms with E-state index in [1.807, 2.05) is 64.1 Å². The molecule has 0 atom stereocenters. The van der Waals surface area contributed by atoms with Gasteiger partial charge in [-0.1, -0.05) is 6.07 Å². The molecule has 1 aliphatic carbocycles. The molecule has 13 heteroatoms. The van der Waals surface area contributed by atoms with E-state index in [4.69, 9.17) is 4.42 Å². The van der Waals surface area contributed by atoms with E-state index in [9.17, 15) is 25.9 Å². The Morgan fingerprint density at radius 1 is 0.825 bits per heavy atom. The van der Waals surface area contributed by atoms with Gasteiger partial charge >= 0.3 is 29.6 Å². The van der Waals surface area contributed by atoms with Gasteiger partial charge in [0.25, 0.3) is 20.2 Å². The van der Waals surface area contributed by atoms with Crippen molar-refractivity contribution >= 4 is 36.9 Å². The molecule has 0 fully saturated rings. The first-order valence-corrected chi connectivity index (χ1v) is 15.2. The van der Waals surface area contributed by atoms with Crippen molar-refractivity contribution in [1.29, 1.82) is 0 Å². The van der Waals surface area contributed by atoms with Crippen molar-refractivity contribution in [2.45, 2.75) is 37.5 Å². The van der Waals surface area contributed by atoms with Gasteiger partial charge in [-0.3, -0.25) is 9.11 Å². The number of nitrogens with zero attached hydrogens (tertiary/aromatic N) is 2. The summed E-state index contributed by atoms with van der Waals surface area (Å²) in [6.45, 7) is 11.3. The summed E-state index contributed by atoms with van der Waals surface area (Å²) in [6.07, 6.45) is 0. The van der Waals surface area contributed by atoms with Gasteiger partial charge in [0.2, 0.25) is 5.36 Å². The molecular formula is C27H33N2NaO8S2. The molecule has 212 valence electrons.